The molecule has 1 heterocycles. The van der Waals surface area contributed by atoms with E-state index in [9.17, 15) is 4.79 Å². The van der Waals surface area contributed by atoms with Crippen molar-refractivity contribution < 1.29 is 4.79 Å². The number of amides is 1. The van der Waals surface area contributed by atoms with Gasteiger partial charge in [0.05, 0.1) is 0 Å². The Kier molecular flexibility index (Phi) is 2.41. The summed E-state index contributed by atoms with van der Waals surface area (Å²) in [6.45, 7) is 0. The van der Waals surface area contributed by atoms with Gasteiger partial charge in [0, 0.05) is 35.8 Å². The summed E-state index contributed by atoms with van der Waals surface area (Å²) in [6.07, 6.45) is 0.830. The summed E-state index contributed by atoms with van der Waals surface area (Å²) in [5.41, 5.74) is 7.54. The molecule has 0 saturated heterocycles. The second-order valence-corrected chi connectivity index (χ2v) is 3.74. The quantitative estimate of drug-likeness (QED) is 0.673. The Morgan fingerprint density at radius 3 is 3.00 bits per heavy atom. The first kappa shape index (κ1) is 9.71. The van der Waals surface area contributed by atoms with Gasteiger partial charge >= 0.3 is 0 Å². The zero-order valence-electron chi connectivity index (χ0n) is 8.29. The molecule has 1 aliphatic heterocycles. The summed E-state index contributed by atoms with van der Waals surface area (Å²) < 4.78 is 0. The summed E-state index contributed by atoms with van der Waals surface area (Å²) >= 11 is 0. The molecule has 0 fully saturated rings. The maximum Gasteiger partial charge on any atom is 0.219 e. The Labute approximate surface area is 88.0 Å². The van der Waals surface area contributed by atoms with Crippen molar-refractivity contribution in [1.82, 2.24) is 0 Å². The molecule has 1 unspecified atom stereocenters. The van der Waals surface area contributed by atoms with E-state index in [1.165, 1.54) is 0 Å². The first-order valence-corrected chi connectivity index (χ1v) is 4.88. The zero-order valence-corrected chi connectivity index (χ0v) is 8.29. The third-order valence-electron chi connectivity index (χ3n) is 2.51. The molecule has 0 aliphatic carbocycles. The summed E-state index contributed by atoms with van der Waals surface area (Å²) in [5.74, 6) is -0.334. The molecule has 4 nitrogen and oxygen atoms in total. The largest absolute Gasteiger partial charge is 0.381 e. The van der Waals surface area contributed by atoms with Crippen LogP contribution in [0.1, 0.15) is 18.4 Å². The van der Waals surface area contributed by atoms with Crippen LogP contribution in [0.15, 0.2) is 24.3 Å². The van der Waals surface area contributed by atoms with Gasteiger partial charge < -0.3 is 16.5 Å². The van der Waals surface area contributed by atoms with Crippen molar-refractivity contribution in [2.24, 2.45) is 5.73 Å². The molecule has 1 aromatic rings. The Bertz CT molecular complexity index is 414. The third kappa shape index (κ3) is 1.98. The van der Waals surface area contributed by atoms with E-state index >= 15 is 0 Å². The van der Waals surface area contributed by atoms with E-state index in [1.54, 1.807) is 0 Å². The molecule has 0 saturated carbocycles. The maximum absolute atomic E-state index is 10.8. The van der Waals surface area contributed by atoms with Crippen LogP contribution in [0.5, 0.6) is 0 Å². The number of anilines is 1. The summed E-state index contributed by atoms with van der Waals surface area (Å²) in [7, 11) is 0. The number of hydrogen-bond donors (Lipinski definition) is 3. The molecule has 4 heteroatoms. The molecule has 15 heavy (non-hydrogen) atoms. The van der Waals surface area contributed by atoms with Gasteiger partial charge in [-0.25, -0.2) is 0 Å². The number of benzene rings is 1. The van der Waals surface area contributed by atoms with Gasteiger partial charge in [0.1, 0.15) is 0 Å². The van der Waals surface area contributed by atoms with E-state index in [-0.39, 0.29) is 18.4 Å². The molecule has 0 aromatic heterocycles. The summed E-state index contributed by atoms with van der Waals surface area (Å²) in [6, 6.07) is 7.60. The standard InChI is InChI=1S/C11H13N3O/c12-9-5-7(6-11(13)15)14-10-4-2-1-3-8(9)10/h1-4,7,12,14H,5-6H2,(H2,13,15). The van der Waals surface area contributed by atoms with Crippen molar-refractivity contribution in [2.45, 2.75) is 18.9 Å². The minimum absolute atomic E-state index is 0.0371. The van der Waals surface area contributed by atoms with Crippen LogP contribution >= 0.6 is 0 Å². The molecule has 78 valence electrons. The first-order chi connectivity index (χ1) is 7.16. The second-order valence-electron chi connectivity index (χ2n) is 3.74. The summed E-state index contributed by atoms with van der Waals surface area (Å²) in [4.78, 5) is 10.8. The van der Waals surface area contributed by atoms with Crippen LogP contribution in [0, 0.1) is 5.41 Å². The van der Waals surface area contributed by atoms with Crippen molar-refractivity contribution in [1.29, 1.82) is 5.41 Å². The highest BCUT2D eigenvalue weighted by molar-refractivity contribution is 6.05. The third-order valence-corrected chi connectivity index (χ3v) is 2.51. The highest BCUT2D eigenvalue weighted by Gasteiger charge is 2.22. The Hall–Kier alpha value is -1.84. The van der Waals surface area contributed by atoms with Gasteiger partial charge in [0.15, 0.2) is 0 Å². The van der Waals surface area contributed by atoms with Crippen LogP contribution in [0.4, 0.5) is 5.69 Å². The molecule has 2 rings (SSSR count). The van der Waals surface area contributed by atoms with Crippen LogP contribution in [-0.2, 0) is 4.79 Å². The molecule has 4 N–H and O–H groups in total. The van der Waals surface area contributed by atoms with E-state index < -0.39 is 0 Å². The van der Waals surface area contributed by atoms with E-state index in [0.29, 0.717) is 12.1 Å². The number of rotatable bonds is 2. The molecule has 1 amide bonds. The lowest BCUT2D eigenvalue weighted by Crippen LogP contribution is -2.33. The van der Waals surface area contributed by atoms with Crippen LogP contribution < -0.4 is 11.1 Å². The van der Waals surface area contributed by atoms with Crippen LogP contribution in [-0.4, -0.2) is 17.7 Å². The maximum atomic E-state index is 10.8. The lowest BCUT2D eigenvalue weighted by molar-refractivity contribution is -0.118. The molecular weight excluding hydrogens is 190 g/mol. The molecule has 1 atom stereocenters. The normalized spacial score (nSPS) is 19.2. The number of carbonyl (C=O) groups excluding carboxylic acids is 1. The lowest BCUT2D eigenvalue weighted by Gasteiger charge is -2.26. The zero-order chi connectivity index (χ0) is 10.8. The van der Waals surface area contributed by atoms with Crippen molar-refractivity contribution in [2.75, 3.05) is 5.32 Å². The molecule has 0 radical (unpaired) electrons. The van der Waals surface area contributed by atoms with Gasteiger partial charge in [-0.05, 0) is 6.07 Å². The average Bonchev–Trinajstić information content (AvgIpc) is 2.16. The van der Waals surface area contributed by atoms with Gasteiger partial charge in [-0.2, -0.15) is 0 Å². The molecule has 0 spiro atoms. The van der Waals surface area contributed by atoms with Gasteiger partial charge in [0.25, 0.3) is 0 Å². The van der Waals surface area contributed by atoms with Gasteiger partial charge in [0.2, 0.25) is 5.91 Å². The number of primary amides is 1. The van der Waals surface area contributed by atoms with Crippen LogP contribution in [0.3, 0.4) is 0 Å². The fourth-order valence-electron chi connectivity index (χ4n) is 1.87. The smallest absolute Gasteiger partial charge is 0.219 e. The Balaban J connectivity index is 2.23. The van der Waals surface area contributed by atoms with Crippen molar-refractivity contribution >= 4 is 17.3 Å². The first-order valence-electron chi connectivity index (χ1n) is 4.88. The van der Waals surface area contributed by atoms with Crippen LogP contribution in [0.2, 0.25) is 0 Å². The monoisotopic (exact) mass is 203 g/mol. The number of fused-ring (bicyclic) bond motifs is 1. The predicted molar refractivity (Wildman–Crippen MR) is 59.1 cm³/mol. The van der Waals surface area contributed by atoms with Crippen molar-refractivity contribution in [3.63, 3.8) is 0 Å². The minimum atomic E-state index is -0.334. The topological polar surface area (TPSA) is 79.0 Å². The van der Waals surface area contributed by atoms with E-state index in [1.807, 2.05) is 24.3 Å². The number of carbonyl (C=O) groups is 1. The minimum Gasteiger partial charge on any atom is -0.381 e. The fourth-order valence-corrected chi connectivity index (χ4v) is 1.87. The number of hydrogen-bond acceptors (Lipinski definition) is 3. The van der Waals surface area contributed by atoms with E-state index in [2.05, 4.69) is 5.32 Å². The Morgan fingerprint density at radius 1 is 1.53 bits per heavy atom. The molecule has 0 bridgehead atoms. The molecular formula is C11H13N3O. The summed E-state index contributed by atoms with van der Waals surface area (Å²) in [5, 5.41) is 11.1. The molecule has 1 aromatic carbocycles. The van der Waals surface area contributed by atoms with Crippen LogP contribution in [0.25, 0.3) is 0 Å². The van der Waals surface area contributed by atoms with Crippen molar-refractivity contribution in [3.05, 3.63) is 29.8 Å². The number of para-hydroxylation sites is 1. The van der Waals surface area contributed by atoms with E-state index in [0.717, 1.165) is 11.3 Å². The highest BCUT2D eigenvalue weighted by Crippen LogP contribution is 2.25. The van der Waals surface area contributed by atoms with Gasteiger partial charge in [-0.3, -0.25) is 4.79 Å². The number of nitrogens with one attached hydrogen (secondary N) is 2. The molecule has 1 aliphatic rings. The van der Waals surface area contributed by atoms with Gasteiger partial charge in [-0.15, -0.1) is 0 Å². The SMILES string of the molecule is N=C1CC(CC(N)=O)Nc2ccccc21. The average molecular weight is 203 g/mol. The fraction of sp³-hybridized carbons (Fsp3) is 0.273. The lowest BCUT2D eigenvalue weighted by atomic mass is 9.94. The predicted octanol–water partition coefficient (Wildman–Crippen LogP) is 1.11. The second kappa shape index (κ2) is 3.73. The highest BCUT2D eigenvalue weighted by atomic mass is 16.1. The van der Waals surface area contributed by atoms with Crippen molar-refractivity contribution in [3.8, 4) is 0 Å². The Morgan fingerprint density at radius 2 is 2.27 bits per heavy atom. The number of nitrogens with two attached hydrogens (primary N) is 1. The van der Waals surface area contributed by atoms with E-state index in [4.69, 9.17) is 11.1 Å². The van der Waals surface area contributed by atoms with Gasteiger partial charge in [-0.1, -0.05) is 18.2 Å².